The summed E-state index contributed by atoms with van der Waals surface area (Å²) in [5.41, 5.74) is 6.15. The van der Waals surface area contributed by atoms with Crippen LogP contribution in [0.1, 0.15) is 0 Å². The molecular weight excluding hydrogens is 154 g/mol. The fourth-order valence-electron chi connectivity index (χ4n) is 0.632. The highest BCUT2D eigenvalue weighted by atomic mass is 32.2. The lowest BCUT2D eigenvalue weighted by Gasteiger charge is -2.15. The largest absolute Gasteiger partial charge is 0.325 e. The van der Waals surface area contributed by atoms with Gasteiger partial charge in [0, 0.05) is 7.05 Å². The summed E-state index contributed by atoms with van der Waals surface area (Å²) in [4.78, 5) is 1.97. The number of hydrogen-bond donors (Lipinski definition) is 2. The summed E-state index contributed by atoms with van der Waals surface area (Å²) in [5.74, 6) is 0. The number of rotatable bonds is 1. The van der Waals surface area contributed by atoms with Crippen LogP contribution in [0.25, 0.3) is 0 Å². The molecular formula is C4H9N3S2. The van der Waals surface area contributed by atoms with Crippen molar-refractivity contribution >= 4 is 29.1 Å². The van der Waals surface area contributed by atoms with Crippen molar-refractivity contribution in [3.05, 3.63) is 0 Å². The van der Waals surface area contributed by atoms with Crippen LogP contribution < -0.4 is 10.9 Å². The number of hydrogen-bond acceptors (Lipinski definition) is 3. The van der Waals surface area contributed by atoms with Crippen molar-refractivity contribution in [2.45, 2.75) is 5.50 Å². The van der Waals surface area contributed by atoms with Crippen molar-refractivity contribution in [1.82, 2.24) is 15.8 Å². The predicted octanol–water partition coefficient (Wildman–Crippen LogP) is -0.0425. The van der Waals surface area contributed by atoms with Gasteiger partial charge in [-0.05, 0) is 18.5 Å². The Labute approximate surface area is 64.1 Å². The van der Waals surface area contributed by atoms with Gasteiger partial charge < -0.3 is 4.90 Å². The van der Waals surface area contributed by atoms with Crippen molar-refractivity contribution in [2.75, 3.05) is 13.3 Å². The molecule has 1 heterocycles. The van der Waals surface area contributed by atoms with Gasteiger partial charge in [-0.15, -0.1) is 11.8 Å². The molecule has 9 heavy (non-hydrogen) atoms. The van der Waals surface area contributed by atoms with Gasteiger partial charge in [-0.25, -0.2) is 5.43 Å². The number of thiocarbonyl (C=S) groups is 1. The van der Waals surface area contributed by atoms with Crippen LogP contribution in [0.3, 0.4) is 0 Å². The van der Waals surface area contributed by atoms with E-state index >= 15 is 0 Å². The molecule has 0 spiro atoms. The van der Waals surface area contributed by atoms with Crippen LogP contribution in [0.5, 0.6) is 0 Å². The number of hydrazine groups is 1. The number of nitrogens with zero attached hydrogens (tertiary/aromatic N) is 1. The Balaban J connectivity index is 2.51. The maximum atomic E-state index is 4.92. The van der Waals surface area contributed by atoms with E-state index < -0.39 is 0 Å². The summed E-state index contributed by atoms with van der Waals surface area (Å²) in [6.07, 6.45) is 2.03. The molecule has 0 bridgehead atoms. The Bertz CT molecular complexity index is 127. The van der Waals surface area contributed by atoms with E-state index in [0.717, 1.165) is 5.11 Å². The smallest absolute Gasteiger partial charge is 0.185 e. The summed E-state index contributed by atoms with van der Waals surface area (Å²) in [5, 5.41) is 0.759. The van der Waals surface area contributed by atoms with Crippen molar-refractivity contribution in [3.8, 4) is 0 Å². The van der Waals surface area contributed by atoms with Gasteiger partial charge in [0.1, 0.15) is 5.50 Å². The van der Waals surface area contributed by atoms with E-state index in [9.17, 15) is 0 Å². The Morgan fingerprint density at radius 2 is 2.44 bits per heavy atom. The van der Waals surface area contributed by atoms with E-state index in [1.165, 1.54) is 0 Å². The monoisotopic (exact) mass is 163 g/mol. The molecule has 1 unspecified atom stereocenters. The summed E-state index contributed by atoms with van der Waals surface area (Å²) in [6.45, 7) is 0. The molecule has 1 aliphatic heterocycles. The molecule has 0 aromatic carbocycles. The first-order chi connectivity index (χ1) is 4.25. The summed E-state index contributed by atoms with van der Waals surface area (Å²) < 4.78 is 0. The molecule has 0 amide bonds. The van der Waals surface area contributed by atoms with Crippen molar-refractivity contribution < 1.29 is 0 Å². The molecule has 1 fully saturated rings. The van der Waals surface area contributed by atoms with Gasteiger partial charge >= 0.3 is 0 Å². The molecule has 1 aliphatic rings. The van der Waals surface area contributed by atoms with Crippen molar-refractivity contribution in [3.63, 3.8) is 0 Å². The molecule has 0 radical (unpaired) electrons. The Morgan fingerprint density at radius 1 is 1.78 bits per heavy atom. The molecule has 0 aromatic heterocycles. The minimum Gasteiger partial charge on any atom is -0.325 e. The van der Waals surface area contributed by atoms with Crippen LogP contribution in [0, 0.1) is 0 Å². The molecule has 52 valence electrons. The molecule has 1 atom stereocenters. The SMILES string of the molecule is CSC1NNC(=S)N1C. The van der Waals surface area contributed by atoms with Crippen LogP contribution in [-0.2, 0) is 0 Å². The zero-order chi connectivity index (χ0) is 6.85. The molecule has 1 rings (SSSR count). The lowest BCUT2D eigenvalue weighted by molar-refractivity contribution is 0.476. The van der Waals surface area contributed by atoms with Gasteiger partial charge in [0.15, 0.2) is 5.11 Å². The standard InChI is InChI=1S/C4H9N3S2/c1-7-3(8)5-6-4(7)9-2/h4,6H,1-2H3,(H,5,8). The maximum absolute atomic E-state index is 4.92. The normalized spacial score (nSPS) is 26.7. The van der Waals surface area contributed by atoms with Crippen LogP contribution in [0.15, 0.2) is 0 Å². The Morgan fingerprint density at radius 3 is 2.67 bits per heavy atom. The van der Waals surface area contributed by atoms with E-state index in [1.54, 1.807) is 11.8 Å². The maximum Gasteiger partial charge on any atom is 0.185 e. The summed E-state index contributed by atoms with van der Waals surface area (Å²) in [6, 6.07) is 0. The van der Waals surface area contributed by atoms with Gasteiger partial charge in [0.25, 0.3) is 0 Å². The van der Waals surface area contributed by atoms with Crippen LogP contribution in [0.2, 0.25) is 0 Å². The molecule has 0 aromatic rings. The van der Waals surface area contributed by atoms with Gasteiger partial charge in [0.05, 0.1) is 0 Å². The number of thioether (sulfide) groups is 1. The quantitative estimate of drug-likeness (QED) is 0.529. The van der Waals surface area contributed by atoms with Gasteiger partial charge in [-0.3, -0.25) is 5.43 Å². The van der Waals surface area contributed by atoms with E-state index in [0.29, 0.717) is 0 Å². The fourth-order valence-corrected chi connectivity index (χ4v) is 1.46. The van der Waals surface area contributed by atoms with E-state index in [1.807, 2.05) is 18.2 Å². The molecule has 0 saturated carbocycles. The molecule has 3 nitrogen and oxygen atoms in total. The first kappa shape index (κ1) is 7.11. The van der Waals surface area contributed by atoms with Crippen LogP contribution in [0.4, 0.5) is 0 Å². The zero-order valence-corrected chi connectivity index (χ0v) is 6.97. The third-order valence-electron chi connectivity index (χ3n) is 1.20. The molecule has 2 N–H and O–H groups in total. The first-order valence-electron chi connectivity index (χ1n) is 2.57. The van der Waals surface area contributed by atoms with Crippen LogP contribution >= 0.6 is 24.0 Å². The highest BCUT2D eigenvalue weighted by molar-refractivity contribution is 7.99. The van der Waals surface area contributed by atoms with Crippen molar-refractivity contribution in [1.29, 1.82) is 0 Å². The van der Waals surface area contributed by atoms with Crippen LogP contribution in [-0.4, -0.2) is 28.8 Å². The average molecular weight is 163 g/mol. The van der Waals surface area contributed by atoms with E-state index in [2.05, 4.69) is 10.9 Å². The Hall–Kier alpha value is -0.0000000000000000278. The van der Waals surface area contributed by atoms with E-state index in [4.69, 9.17) is 12.2 Å². The molecule has 5 heteroatoms. The topological polar surface area (TPSA) is 27.3 Å². The zero-order valence-electron chi connectivity index (χ0n) is 5.34. The van der Waals surface area contributed by atoms with E-state index in [-0.39, 0.29) is 5.50 Å². The lowest BCUT2D eigenvalue weighted by atomic mass is 10.9. The number of nitrogens with one attached hydrogen (secondary N) is 2. The second-order valence-electron chi connectivity index (χ2n) is 1.77. The highest BCUT2D eigenvalue weighted by Crippen LogP contribution is 2.09. The summed E-state index contributed by atoms with van der Waals surface area (Å²) in [7, 11) is 1.95. The summed E-state index contributed by atoms with van der Waals surface area (Å²) >= 11 is 6.63. The molecule has 1 saturated heterocycles. The lowest BCUT2D eigenvalue weighted by Crippen LogP contribution is -2.30. The second kappa shape index (κ2) is 2.72. The van der Waals surface area contributed by atoms with Crippen molar-refractivity contribution in [2.24, 2.45) is 0 Å². The average Bonchev–Trinajstić information content (AvgIpc) is 2.15. The Kier molecular flexibility index (Phi) is 2.15. The fraction of sp³-hybridized carbons (Fsp3) is 0.750. The van der Waals surface area contributed by atoms with Gasteiger partial charge in [-0.2, -0.15) is 0 Å². The van der Waals surface area contributed by atoms with Gasteiger partial charge in [-0.1, -0.05) is 0 Å². The minimum absolute atomic E-state index is 0.289. The second-order valence-corrected chi connectivity index (χ2v) is 3.08. The predicted molar refractivity (Wildman–Crippen MR) is 43.9 cm³/mol. The third kappa shape index (κ3) is 1.28. The third-order valence-corrected chi connectivity index (χ3v) is 2.47. The molecule has 0 aliphatic carbocycles. The van der Waals surface area contributed by atoms with Gasteiger partial charge in [0.2, 0.25) is 0 Å². The highest BCUT2D eigenvalue weighted by Gasteiger charge is 2.21. The first-order valence-corrected chi connectivity index (χ1v) is 4.26. The minimum atomic E-state index is 0.289.